The number of amides is 4. The molecule has 0 aromatic heterocycles. The van der Waals surface area contributed by atoms with Crippen LogP contribution in [0.1, 0.15) is 46.6 Å². The maximum atomic E-state index is 15.5. The lowest BCUT2D eigenvalue weighted by molar-refractivity contribution is -0.138. The van der Waals surface area contributed by atoms with E-state index < -0.39 is 46.8 Å². The van der Waals surface area contributed by atoms with E-state index >= 15 is 9.59 Å². The van der Waals surface area contributed by atoms with Crippen LogP contribution in [-0.2, 0) is 24.6 Å². The minimum atomic E-state index is -1.55. The standard InChI is InChI=1S/C50H45N3O8/c1-29-13-19-33(20-14-29)51-53-47(56)39-28-38-36(45(44-40(54)11-8-12-42(44)61-4)50(39,49(53)58)32-9-6-5-7-10-32)24-25-37-43(38)48(57)52(46(37)55)34-21-16-30(17-22-34)15-18-31-27-35(59-2)23-26-41(31)60-3/h5-24,26-27,37-39,43,45,51,54H,25,28H2,1-4H3/t37-,38+,39-,43-,45+,50+/m0/s1. The van der Waals surface area contributed by atoms with Gasteiger partial charge in [-0.1, -0.05) is 90.0 Å². The number of methoxy groups -OCH3 is 3. The molecule has 0 spiro atoms. The number of ether oxygens (including phenoxy) is 3. The third-order valence-corrected chi connectivity index (χ3v) is 13.0. The number of allylic oxidation sites excluding steroid dienone is 2. The topological polar surface area (TPSA) is 135 Å². The second kappa shape index (κ2) is 15.5. The van der Waals surface area contributed by atoms with E-state index in [1.54, 1.807) is 44.6 Å². The van der Waals surface area contributed by atoms with Gasteiger partial charge >= 0.3 is 0 Å². The third kappa shape index (κ3) is 6.25. The zero-order chi connectivity index (χ0) is 42.6. The summed E-state index contributed by atoms with van der Waals surface area (Å²) in [7, 11) is 4.70. The molecule has 0 radical (unpaired) electrons. The fraction of sp³-hybridized carbons (Fsp3) is 0.240. The largest absolute Gasteiger partial charge is 0.508 e. The molecule has 0 unspecified atom stereocenters. The van der Waals surface area contributed by atoms with Crippen LogP contribution in [0, 0.1) is 30.6 Å². The number of hydrogen-bond acceptors (Lipinski definition) is 9. The van der Waals surface area contributed by atoms with E-state index in [-0.39, 0.29) is 30.4 Å². The molecule has 5 aromatic rings. The van der Waals surface area contributed by atoms with Crippen molar-refractivity contribution in [2.45, 2.75) is 31.1 Å². The van der Waals surface area contributed by atoms with Crippen molar-refractivity contribution in [3.05, 3.63) is 155 Å². The second-order valence-corrected chi connectivity index (χ2v) is 16.0. The second-order valence-electron chi connectivity index (χ2n) is 16.0. The summed E-state index contributed by atoms with van der Waals surface area (Å²) in [6, 6.07) is 34.3. The predicted octanol–water partition coefficient (Wildman–Crippen LogP) is 8.09. The minimum absolute atomic E-state index is 0.110. The molecule has 2 saturated heterocycles. The first-order chi connectivity index (χ1) is 29.6. The van der Waals surface area contributed by atoms with Crippen molar-refractivity contribution in [2.24, 2.45) is 23.7 Å². The monoisotopic (exact) mass is 815 g/mol. The number of imide groups is 2. The number of carbonyl (C=O) groups is 4. The smallest absolute Gasteiger partial charge is 0.260 e. The maximum Gasteiger partial charge on any atom is 0.260 e. The molecule has 2 aliphatic carbocycles. The molecule has 0 bridgehead atoms. The summed E-state index contributed by atoms with van der Waals surface area (Å²) in [5.41, 5.74) is 6.88. The zero-order valence-electron chi connectivity index (χ0n) is 34.2. The van der Waals surface area contributed by atoms with E-state index in [0.29, 0.717) is 39.8 Å². The summed E-state index contributed by atoms with van der Waals surface area (Å²) in [5, 5.41) is 12.9. The van der Waals surface area contributed by atoms with Gasteiger partial charge in [-0.2, -0.15) is 5.01 Å². The van der Waals surface area contributed by atoms with Crippen LogP contribution in [0.15, 0.2) is 127 Å². The highest BCUT2D eigenvalue weighted by Gasteiger charge is 2.71. The Hall–Kier alpha value is -7.14. The number of hydrazine groups is 1. The van der Waals surface area contributed by atoms with E-state index in [9.17, 15) is 14.7 Å². The van der Waals surface area contributed by atoms with E-state index in [1.165, 1.54) is 12.0 Å². The highest BCUT2D eigenvalue weighted by molar-refractivity contribution is 6.22. The molecule has 4 aliphatic rings. The third-order valence-electron chi connectivity index (χ3n) is 13.0. The van der Waals surface area contributed by atoms with Crippen molar-refractivity contribution in [2.75, 3.05) is 31.7 Å². The highest BCUT2D eigenvalue weighted by Crippen LogP contribution is 2.66. The lowest BCUT2D eigenvalue weighted by Crippen LogP contribution is -2.53. The maximum absolute atomic E-state index is 15.5. The molecule has 2 heterocycles. The van der Waals surface area contributed by atoms with Crippen molar-refractivity contribution >= 4 is 47.2 Å². The first kappa shape index (κ1) is 39.3. The van der Waals surface area contributed by atoms with Gasteiger partial charge in [0, 0.05) is 17.0 Å². The van der Waals surface area contributed by atoms with Crippen LogP contribution in [0.4, 0.5) is 11.4 Å². The first-order valence-electron chi connectivity index (χ1n) is 20.3. The Morgan fingerprint density at radius 1 is 0.738 bits per heavy atom. The zero-order valence-corrected chi connectivity index (χ0v) is 34.2. The molecule has 5 aromatic carbocycles. The number of anilines is 2. The molecule has 3 fully saturated rings. The van der Waals surface area contributed by atoms with Crippen LogP contribution in [0.25, 0.3) is 12.2 Å². The summed E-state index contributed by atoms with van der Waals surface area (Å²) in [6.45, 7) is 1.95. The summed E-state index contributed by atoms with van der Waals surface area (Å²) >= 11 is 0. The van der Waals surface area contributed by atoms with Crippen LogP contribution in [0.2, 0.25) is 0 Å². The quantitative estimate of drug-likeness (QED) is 0.0815. The Labute approximate surface area is 353 Å². The summed E-state index contributed by atoms with van der Waals surface area (Å²) in [4.78, 5) is 61.0. The van der Waals surface area contributed by atoms with Gasteiger partial charge in [0.05, 0.1) is 55.9 Å². The van der Waals surface area contributed by atoms with Crippen molar-refractivity contribution in [1.82, 2.24) is 5.01 Å². The molecule has 61 heavy (non-hydrogen) atoms. The van der Waals surface area contributed by atoms with Gasteiger partial charge in [0.1, 0.15) is 23.0 Å². The van der Waals surface area contributed by atoms with E-state index in [0.717, 1.165) is 27.3 Å². The van der Waals surface area contributed by atoms with Crippen molar-refractivity contribution in [1.29, 1.82) is 0 Å². The van der Waals surface area contributed by atoms with Crippen LogP contribution >= 0.6 is 0 Å². The number of hydrogen-bond donors (Lipinski definition) is 2. The fourth-order valence-electron chi connectivity index (χ4n) is 10.2. The summed E-state index contributed by atoms with van der Waals surface area (Å²) in [6.07, 6.45) is 6.14. The van der Waals surface area contributed by atoms with Crippen molar-refractivity contribution in [3.8, 4) is 23.0 Å². The molecule has 308 valence electrons. The molecule has 6 atom stereocenters. The van der Waals surface area contributed by atoms with E-state index in [4.69, 9.17) is 14.2 Å². The van der Waals surface area contributed by atoms with E-state index in [2.05, 4.69) is 5.43 Å². The minimum Gasteiger partial charge on any atom is -0.508 e. The fourth-order valence-corrected chi connectivity index (χ4v) is 10.2. The highest BCUT2D eigenvalue weighted by atomic mass is 16.5. The summed E-state index contributed by atoms with van der Waals surface area (Å²) < 4.78 is 16.8. The van der Waals surface area contributed by atoms with Gasteiger partial charge in [-0.05, 0) is 91.4 Å². The number of nitrogens with one attached hydrogen (secondary N) is 1. The number of rotatable bonds is 10. The van der Waals surface area contributed by atoms with Gasteiger partial charge in [0.15, 0.2) is 0 Å². The lowest BCUT2D eigenvalue weighted by Gasteiger charge is -2.50. The Kier molecular flexibility index (Phi) is 9.97. The Bertz CT molecular complexity index is 2620. The molecule has 11 heteroatoms. The molecule has 2 N–H and O–H groups in total. The Morgan fingerprint density at radius 2 is 1.48 bits per heavy atom. The predicted molar refractivity (Wildman–Crippen MR) is 231 cm³/mol. The van der Waals surface area contributed by atoms with Gasteiger partial charge < -0.3 is 19.3 Å². The van der Waals surface area contributed by atoms with Crippen LogP contribution in [0.3, 0.4) is 0 Å². The Morgan fingerprint density at radius 3 is 2.18 bits per heavy atom. The lowest BCUT2D eigenvalue weighted by atomic mass is 9.49. The molecular weight excluding hydrogens is 771 g/mol. The molecule has 4 amide bonds. The number of nitrogens with zero attached hydrogens (tertiary/aromatic N) is 2. The molecule has 1 saturated carbocycles. The number of aromatic hydroxyl groups is 1. The SMILES string of the molecule is COc1ccc(OC)c(C=Cc2ccc(N3C(=O)[C@H]4[C@H](CC=C5[C@H]4C[C@H]4C(=O)N(Nc6ccc(C)cc6)C(=O)[C@@]4(c4ccccc4)[C@H]5c4c(O)cccc4OC)C3=O)cc2)c1. The van der Waals surface area contributed by atoms with Crippen molar-refractivity contribution < 1.29 is 38.5 Å². The number of phenols is 1. The van der Waals surface area contributed by atoms with Crippen LogP contribution in [-0.4, -0.2) is 55.1 Å². The molecule has 11 nitrogen and oxygen atoms in total. The normalized spacial score (nSPS) is 24.3. The van der Waals surface area contributed by atoms with Gasteiger partial charge in [-0.15, -0.1) is 0 Å². The van der Waals surface area contributed by atoms with Gasteiger partial charge in [0.25, 0.3) is 11.8 Å². The number of carbonyl (C=O) groups excluding carboxylic acids is 4. The van der Waals surface area contributed by atoms with Gasteiger partial charge in [0.2, 0.25) is 11.8 Å². The number of benzene rings is 5. The van der Waals surface area contributed by atoms with Crippen molar-refractivity contribution in [3.63, 3.8) is 0 Å². The molecule has 9 rings (SSSR count). The summed E-state index contributed by atoms with van der Waals surface area (Å²) in [5.74, 6) is -4.08. The average molecular weight is 816 g/mol. The van der Waals surface area contributed by atoms with Crippen LogP contribution in [0.5, 0.6) is 23.0 Å². The molecule has 2 aliphatic heterocycles. The molecular formula is C50H45N3O8. The van der Waals surface area contributed by atoms with Gasteiger partial charge in [-0.25, -0.2) is 0 Å². The first-order valence-corrected chi connectivity index (χ1v) is 20.3. The number of fused-ring (bicyclic) bond motifs is 4. The Balaban J connectivity index is 1.12. The number of aryl methyl sites for hydroxylation is 1. The van der Waals surface area contributed by atoms with E-state index in [1.807, 2.05) is 110 Å². The van der Waals surface area contributed by atoms with Crippen LogP contribution < -0.4 is 24.5 Å². The van der Waals surface area contributed by atoms with Gasteiger partial charge in [-0.3, -0.25) is 29.5 Å². The number of phenolic OH excluding ortho intramolecular Hbond substituents is 1. The average Bonchev–Trinajstić information content (AvgIpc) is 3.67.